The van der Waals surface area contributed by atoms with E-state index in [-0.39, 0.29) is 12.1 Å². The second-order valence-corrected chi connectivity index (χ2v) is 12.7. The van der Waals surface area contributed by atoms with E-state index in [2.05, 4.69) is 54.3 Å². The summed E-state index contributed by atoms with van der Waals surface area (Å²) < 4.78 is 6.55. The lowest BCUT2D eigenvalue weighted by molar-refractivity contribution is -0.109. The number of aliphatic hydroxyl groups excluding tert-OH is 1. The average molecular weight is 662 g/mol. The van der Waals surface area contributed by atoms with Crippen molar-refractivity contribution in [2.75, 3.05) is 32.7 Å². The molecule has 226 valence electrons. The van der Waals surface area contributed by atoms with Crippen molar-refractivity contribution >= 4 is 40.0 Å². The molecule has 2 unspecified atom stereocenters. The molecule has 1 aliphatic heterocycles. The maximum Gasteiger partial charge on any atom is 0.410 e. The first-order chi connectivity index (χ1) is 20.1. The fourth-order valence-electron chi connectivity index (χ4n) is 5.15. The summed E-state index contributed by atoms with van der Waals surface area (Å²) in [7, 11) is 0. The Labute approximate surface area is 259 Å². The van der Waals surface area contributed by atoms with Gasteiger partial charge in [-0.3, -0.25) is 14.7 Å². The van der Waals surface area contributed by atoms with E-state index in [0.29, 0.717) is 38.2 Å². The number of carbonyl (C=O) groups excluding carboxylic acids is 2. The minimum absolute atomic E-state index is 0.0589. The fraction of sp³-hybridized carbons (Fsp3) is 0.467. The van der Waals surface area contributed by atoms with Gasteiger partial charge in [0.1, 0.15) is 5.60 Å². The molecule has 0 radical (unpaired) electrons. The van der Waals surface area contributed by atoms with Crippen molar-refractivity contribution in [3.63, 3.8) is 0 Å². The zero-order valence-electron chi connectivity index (χ0n) is 24.1. The number of piperazine rings is 1. The van der Waals surface area contributed by atoms with E-state index >= 15 is 0 Å². The number of aromatic amines is 1. The van der Waals surface area contributed by atoms with Crippen LogP contribution in [0.1, 0.15) is 67.4 Å². The first-order valence-electron chi connectivity index (χ1n) is 14.0. The van der Waals surface area contributed by atoms with Crippen molar-refractivity contribution in [1.82, 2.24) is 30.1 Å². The van der Waals surface area contributed by atoms with E-state index in [4.69, 9.17) is 21.3 Å². The Kier molecular flexibility index (Phi) is 11.0. The molecule has 2 aliphatic rings. The van der Waals surface area contributed by atoms with Gasteiger partial charge < -0.3 is 25.0 Å². The maximum absolute atomic E-state index is 12.5. The molecule has 3 aromatic rings. The number of H-pyrrole nitrogens is 1. The van der Waals surface area contributed by atoms with Crippen LogP contribution in [0.5, 0.6) is 0 Å². The maximum atomic E-state index is 12.5. The van der Waals surface area contributed by atoms with Crippen LogP contribution in [-0.2, 0) is 22.4 Å². The molecular weight excluding hydrogens is 624 g/mol. The predicted molar refractivity (Wildman–Crippen MR) is 164 cm³/mol. The van der Waals surface area contributed by atoms with Gasteiger partial charge in [-0.05, 0) is 90.9 Å². The number of rotatable bonds is 6. The zero-order chi connectivity index (χ0) is 30.3. The molecule has 2 atom stereocenters. The number of carbonyl (C=O) groups is 2. The third-order valence-electron chi connectivity index (χ3n) is 7.15. The first kappa shape index (κ1) is 31.9. The smallest absolute Gasteiger partial charge is 0.410 e. The number of benzene rings is 1. The Hall–Kier alpha value is -2.99. The molecule has 0 spiro atoms. The van der Waals surface area contributed by atoms with Crippen LogP contribution >= 0.6 is 27.5 Å². The topological polar surface area (TPSA) is 124 Å². The van der Waals surface area contributed by atoms with Crippen molar-refractivity contribution in [1.29, 1.82) is 0 Å². The molecule has 1 fully saturated rings. The van der Waals surface area contributed by atoms with Gasteiger partial charge in [0.2, 0.25) is 6.41 Å². The number of aromatic nitrogens is 3. The summed E-state index contributed by atoms with van der Waals surface area (Å²) in [5.74, 6) is 0. The molecule has 5 rings (SSSR count). The predicted octanol–water partition coefficient (Wildman–Crippen LogP) is 4.82. The van der Waals surface area contributed by atoms with Crippen LogP contribution in [0, 0.1) is 0 Å². The molecule has 3 heterocycles. The van der Waals surface area contributed by atoms with E-state index in [1.54, 1.807) is 11.1 Å². The Morgan fingerprint density at radius 1 is 1.21 bits per heavy atom. The lowest BCUT2D eigenvalue weighted by Crippen LogP contribution is -2.51. The van der Waals surface area contributed by atoms with E-state index in [1.807, 2.05) is 33.0 Å². The summed E-state index contributed by atoms with van der Waals surface area (Å²) in [5, 5.41) is 12.6. The monoisotopic (exact) mass is 660 g/mol. The Morgan fingerprint density at radius 2 is 1.95 bits per heavy atom. The van der Waals surface area contributed by atoms with E-state index < -0.39 is 11.7 Å². The molecule has 42 heavy (non-hydrogen) atoms. The van der Waals surface area contributed by atoms with E-state index in [0.717, 1.165) is 41.1 Å². The number of hydrogen-bond donors (Lipinski definition) is 3. The largest absolute Gasteiger partial charge is 0.444 e. The SMILES string of the molecule is CC(C)(C)OC(=O)N1CCN(C2c3ccc(Cl)cc3CCc3cc(Br)cnc32)CC1.O=CNCCC(O)c1cnc[nH]1. The van der Waals surface area contributed by atoms with Gasteiger partial charge in [-0.1, -0.05) is 17.7 Å². The normalized spacial score (nSPS) is 17.6. The first-order valence-corrected chi connectivity index (χ1v) is 15.2. The lowest BCUT2D eigenvalue weighted by Gasteiger charge is -2.40. The van der Waals surface area contributed by atoms with Crippen LogP contribution in [0.3, 0.4) is 0 Å². The average Bonchev–Trinajstić information content (AvgIpc) is 3.44. The van der Waals surface area contributed by atoms with Crippen LogP contribution in [0.25, 0.3) is 0 Å². The van der Waals surface area contributed by atoms with Gasteiger partial charge in [0.15, 0.2) is 0 Å². The number of aliphatic hydroxyl groups is 1. The molecule has 2 aromatic heterocycles. The van der Waals surface area contributed by atoms with E-state index in [1.165, 1.54) is 23.0 Å². The molecule has 0 saturated carbocycles. The molecule has 12 heteroatoms. The summed E-state index contributed by atoms with van der Waals surface area (Å²) in [6.07, 6.45) is 7.10. The van der Waals surface area contributed by atoms with Crippen molar-refractivity contribution < 1.29 is 19.4 Å². The number of hydrogen-bond acceptors (Lipinski definition) is 7. The third kappa shape index (κ3) is 8.53. The van der Waals surface area contributed by atoms with Crippen LogP contribution in [-0.4, -0.2) is 80.7 Å². The Morgan fingerprint density at radius 3 is 2.62 bits per heavy atom. The summed E-state index contributed by atoms with van der Waals surface area (Å²) >= 11 is 9.88. The molecule has 3 N–H and O–H groups in total. The number of imidazole rings is 1. The van der Waals surface area contributed by atoms with Crippen LogP contribution in [0.4, 0.5) is 4.79 Å². The van der Waals surface area contributed by atoms with Crippen molar-refractivity contribution in [3.8, 4) is 0 Å². The number of amides is 2. The minimum atomic E-state index is -0.583. The Balaban J connectivity index is 0.000000283. The molecule has 1 aromatic carbocycles. The number of aryl methyl sites for hydroxylation is 2. The van der Waals surface area contributed by atoms with Gasteiger partial charge in [0.25, 0.3) is 0 Å². The quantitative estimate of drug-likeness (QED) is 0.256. The molecule has 1 aliphatic carbocycles. The van der Waals surface area contributed by atoms with Gasteiger partial charge in [-0.25, -0.2) is 9.78 Å². The lowest BCUT2D eigenvalue weighted by atomic mass is 9.96. The third-order valence-corrected chi connectivity index (χ3v) is 7.81. The van der Waals surface area contributed by atoms with Crippen LogP contribution < -0.4 is 5.32 Å². The highest BCUT2D eigenvalue weighted by atomic mass is 79.9. The summed E-state index contributed by atoms with van der Waals surface area (Å²) in [4.78, 5) is 38.0. The zero-order valence-corrected chi connectivity index (χ0v) is 26.5. The molecule has 0 bridgehead atoms. The van der Waals surface area contributed by atoms with Crippen molar-refractivity contribution in [2.45, 2.75) is 57.8 Å². The van der Waals surface area contributed by atoms with Crippen molar-refractivity contribution in [2.24, 2.45) is 0 Å². The molecular formula is C30H38BrClN6O4. The highest BCUT2D eigenvalue weighted by Gasteiger charge is 2.34. The second-order valence-electron chi connectivity index (χ2n) is 11.3. The second kappa shape index (κ2) is 14.5. The van der Waals surface area contributed by atoms with Crippen LogP contribution in [0.2, 0.25) is 5.02 Å². The molecule has 1 saturated heterocycles. The highest BCUT2D eigenvalue weighted by Crippen LogP contribution is 2.38. The number of pyridine rings is 1. The molecule has 2 amide bonds. The number of fused-ring (bicyclic) bond motifs is 2. The summed E-state index contributed by atoms with van der Waals surface area (Å²) in [5.41, 5.74) is 5.09. The highest BCUT2D eigenvalue weighted by molar-refractivity contribution is 9.10. The standard InChI is InChI=1S/C23H27BrClN3O2.C7H11N3O2/c1-23(2,3)30-22(29)28-10-8-27(9-11-28)21-19-7-6-18(25)13-15(19)4-5-16-12-17(24)14-26-20(16)21;11-5-8-2-1-7(12)6-3-9-4-10-6/h6-7,12-14,21H,4-5,8-11H2,1-3H3;3-5,7,12H,1-2H2,(H,8,11)(H,9,10). The number of halogens is 2. The van der Waals surface area contributed by atoms with Gasteiger partial charge >= 0.3 is 6.09 Å². The molecule has 10 nitrogen and oxygen atoms in total. The van der Waals surface area contributed by atoms with Gasteiger partial charge in [-0.15, -0.1) is 0 Å². The summed E-state index contributed by atoms with van der Waals surface area (Å²) in [6.45, 7) is 8.97. The fourth-order valence-corrected chi connectivity index (χ4v) is 5.73. The van der Waals surface area contributed by atoms with Gasteiger partial charge in [-0.2, -0.15) is 0 Å². The minimum Gasteiger partial charge on any atom is -0.444 e. The van der Waals surface area contributed by atoms with E-state index in [9.17, 15) is 14.7 Å². The van der Waals surface area contributed by atoms with Gasteiger partial charge in [0, 0.05) is 48.4 Å². The Bertz CT molecular complexity index is 1290. The number of nitrogens with one attached hydrogen (secondary N) is 2. The van der Waals surface area contributed by atoms with Crippen molar-refractivity contribution in [3.05, 3.63) is 80.6 Å². The summed E-state index contributed by atoms with van der Waals surface area (Å²) in [6, 6.07) is 8.43. The van der Waals surface area contributed by atoms with Crippen LogP contribution in [0.15, 0.2) is 47.5 Å². The number of ether oxygens (including phenoxy) is 1. The van der Waals surface area contributed by atoms with Gasteiger partial charge in [0.05, 0.1) is 36.1 Å². The number of nitrogens with zero attached hydrogens (tertiary/aromatic N) is 4.